The lowest BCUT2D eigenvalue weighted by Gasteiger charge is -2.20. The van der Waals surface area contributed by atoms with E-state index in [9.17, 15) is 0 Å². The summed E-state index contributed by atoms with van der Waals surface area (Å²) in [5.74, 6) is 2.83. The lowest BCUT2D eigenvalue weighted by Crippen LogP contribution is -2.31. The molecule has 2 aromatic carbocycles. The first-order valence-corrected chi connectivity index (χ1v) is 9.62. The van der Waals surface area contributed by atoms with E-state index in [4.69, 9.17) is 31.2 Å². The lowest BCUT2D eigenvalue weighted by molar-refractivity contribution is 0.287. The largest absolute Gasteiger partial charge is 0.497 e. The molecule has 0 spiro atoms. The molecule has 2 N–H and O–H groups in total. The zero-order chi connectivity index (χ0) is 20.5. The minimum Gasteiger partial charge on any atom is -0.497 e. The second-order valence-corrected chi connectivity index (χ2v) is 6.37. The third kappa shape index (κ3) is 5.66. The molecule has 0 heterocycles. The van der Waals surface area contributed by atoms with Crippen molar-refractivity contribution in [3.05, 3.63) is 42.0 Å². The number of ether oxygens (including phenoxy) is 4. The highest BCUT2D eigenvalue weighted by molar-refractivity contribution is 7.80. The Morgan fingerprint density at radius 3 is 2.29 bits per heavy atom. The number of nitrogens with one attached hydrogen (secondary N) is 2. The maximum atomic E-state index is 5.70. The van der Waals surface area contributed by atoms with E-state index >= 15 is 0 Å². The van der Waals surface area contributed by atoms with E-state index < -0.39 is 0 Å². The molecule has 0 aliphatic rings. The molecule has 0 aliphatic carbocycles. The standard InChI is InChI=1S/C21H28N2O4S/c1-6-26-18-11-8-15(12-20(18)27-7-2)14(3)22-21(28)23-17-10-9-16(24-4)13-19(17)25-5/h8-14H,6-7H2,1-5H3,(H2,22,23,28). The average Bonchev–Trinajstić information content (AvgIpc) is 2.69. The third-order valence-corrected chi connectivity index (χ3v) is 4.29. The van der Waals surface area contributed by atoms with Crippen LogP contribution in [0.2, 0.25) is 0 Å². The Balaban J connectivity index is 2.09. The zero-order valence-electron chi connectivity index (χ0n) is 17.0. The van der Waals surface area contributed by atoms with Crippen molar-refractivity contribution in [2.75, 3.05) is 32.8 Å². The summed E-state index contributed by atoms with van der Waals surface area (Å²) < 4.78 is 21.9. The molecular formula is C21H28N2O4S. The van der Waals surface area contributed by atoms with Crippen molar-refractivity contribution in [2.45, 2.75) is 26.8 Å². The summed E-state index contributed by atoms with van der Waals surface area (Å²) in [4.78, 5) is 0. The van der Waals surface area contributed by atoms with Gasteiger partial charge in [0.2, 0.25) is 0 Å². The predicted octanol–water partition coefficient (Wildman–Crippen LogP) is 4.55. The summed E-state index contributed by atoms with van der Waals surface area (Å²) in [5.41, 5.74) is 1.80. The number of rotatable bonds is 9. The Labute approximate surface area is 172 Å². The van der Waals surface area contributed by atoms with Crippen LogP contribution in [0.25, 0.3) is 0 Å². The average molecular weight is 405 g/mol. The maximum Gasteiger partial charge on any atom is 0.171 e. The number of anilines is 1. The molecule has 2 aromatic rings. The van der Waals surface area contributed by atoms with E-state index in [0.29, 0.717) is 29.8 Å². The van der Waals surface area contributed by atoms with Crippen LogP contribution >= 0.6 is 12.2 Å². The molecule has 6 nitrogen and oxygen atoms in total. The molecule has 7 heteroatoms. The molecular weight excluding hydrogens is 376 g/mol. The molecule has 0 radical (unpaired) electrons. The van der Waals surface area contributed by atoms with Gasteiger partial charge >= 0.3 is 0 Å². The molecule has 1 atom stereocenters. The monoisotopic (exact) mass is 404 g/mol. The molecule has 0 saturated carbocycles. The molecule has 0 bridgehead atoms. The molecule has 0 aliphatic heterocycles. The van der Waals surface area contributed by atoms with Gasteiger partial charge in [0.25, 0.3) is 0 Å². The predicted molar refractivity (Wildman–Crippen MR) is 116 cm³/mol. The van der Waals surface area contributed by atoms with Crippen molar-refractivity contribution in [3.63, 3.8) is 0 Å². The van der Waals surface area contributed by atoms with Crippen LogP contribution in [0, 0.1) is 0 Å². The van der Waals surface area contributed by atoms with Gasteiger partial charge in [-0.1, -0.05) is 6.07 Å². The van der Waals surface area contributed by atoms with Crippen molar-refractivity contribution in [1.29, 1.82) is 0 Å². The summed E-state index contributed by atoms with van der Waals surface area (Å²) in [5, 5.41) is 6.94. The van der Waals surface area contributed by atoms with Crippen LogP contribution < -0.4 is 29.6 Å². The summed E-state index contributed by atoms with van der Waals surface area (Å²) in [6, 6.07) is 11.4. The Hall–Kier alpha value is -2.67. The van der Waals surface area contributed by atoms with Gasteiger partial charge in [0, 0.05) is 6.07 Å². The topological polar surface area (TPSA) is 61.0 Å². The van der Waals surface area contributed by atoms with Gasteiger partial charge in [0.15, 0.2) is 16.6 Å². The summed E-state index contributed by atoms with van der Waals surface area (Å²) in [6.07, 6.45) is 0. The van der Waals surface area contributed by atoms with Gasteiger partial charge in [-0.2, -0.15) is 0 Å². The molecule has 0 saturated heterocycles. The van der Waals surface area contributed by atoms with Gasteiger partial charge in [-0.3, -0.25) is 0 Å². The summed E-state index contributed by atoms with van der Waals surface area (Å²) in [6.45, 7) is 7.09. The summed E-state index contributed by atoms with van der Waals surface area (Å²) in [7, 11) is 3.22. The molecule has 1 unspecified atom stereocenters. The van der Waals surface area contributed by atoms with Crippen LogP contribution in [0.4, 0.5) is 5.69 Å². The Bertz CT molecular complexity index is 798. The molecule has 0 fully saturated rings. The van der Waals surface area contributed by atoms with Crippen molar-refractivity contribution in [1.82, 2.24) is 5.32 Å². The van der Waals surface area contributed by atoms with Gasteiger partial charge in [-0.05, 0) is 62.8 Å². The number of hydrogen-bond acceptors (Lipinski definition) is 5. The van der Waals surface area contributed by atoms with Crippen LogP contribution in [-0.2, 0) is 0 Å². The highest BCUT2D eigenvalue weighted by Gasteiger charge is 2.13. The first kappa shape index (κ1) is 21.6. The maximum absolute atomic E-state index is 5.70. The Morgan fingerprint density at radius 1 is 0.929 bits per heavy atom. The minimum atomic E-state index is -0.0286. The molecule has 0 aromatic heterocycles. The quantitative estimate of drug-likeness (QED) is 0.595. The van der Waals surface area contributed by atoms with Crippen molar-refractivity contribution < 1.29 is 18.9 Å². The number of benzene rings is 2. The van der Waals surface area contributed by atoms with Crippen molar-refractivity contribution in [2.24, 2.45) is 0 Å². The zero-order valence-corrected chi connectivity index (χ0v) is 17.8. The highest BCUT2D eigenvalue weighted by atomic mass is 32.1. The SMILES string of the molecule is CCOc1ccc(C(C)NC(=S)Nc2ccc(OC)cc2OC)cc1OCC. The smallest absolute Gasteiger partial charge is 0.171 e. The van der Waals surface area contributed by atoms with Crippen LogP contribution in [0.1, 0.15) is 32.4 Å². The Morgan fingerprint density at radius 2 is 1.64 bits per heavy atom. The number of methoxy groups -OCH3 is 2. The van der Waals surface area contributed by atoms with E-state index in [1.165, 1.54) is 0 Å². The Kier molecular flexibility index (Phi) is 8.19. The second-order valence-electron chi connectivity index (χ2n) is 5.96. The van der Waals surface area contributed by atoms with Crippen molar-refractivity contribution in [3.8, 4) is 23.0 Å². The van der Waals surface area contributed by atoms with Gasteiger partial charge in [-0.25, -0.2) is 0 Å². The van der Waals surface area contributed by atoms with E-state index in [2.05, 4.69) is 10.6 Å². The molecule has 0 amide bonds. The van der Waals surface area contributed by atoms with E-state index in [-0.39, 0.29) is 6.04 Å². The minimum absolute atomic E-state index is 0.0286. The van der Waals surface area contributed by atoms with Gasteiger partial charge < -0.3 is 29.6 Å². The fraction of sp³-hybridized carbons (Fsp3) is 0.381. The van der Waals surface area contributed by atoms with Gasteiger partial charge in [-0.15, -0.1) is 0 Å². The number of hydrogen-bond donors (Lipinski definition) is 2. The van der Waals surface area contributed by atoms with E-state index in [1.807, 2.05) is 51.1 Å². The van der Waals surface area contributed by atoms with E-state index in [1.54, 1.807) is 20.3 Å². The number of thiocarbonyl (C=S) groups is 1. The lowest BCUT2D eigenvalue weighted by atomic mass is 10.1. The van der Waals surface area contributed by atoms with Crippen LogP contribution in [0.3, 0.4) is 0 Å². The second kappa shape index (κ2) is 10.6. The van der Waals surface area contributed by atoms with E-state index in [0.717, 1.165) is 22.7 Å². The van der Waals surface area contributed by atoms with Crippen molar-refractivity contribution >= 4 is 23.0 Å². The molecule has 2 rings (SSSR count). The normalized spacial score (nSPS) is 11.3. The van der Waals surface area contributed by atoms with Crippen LogP contribution in [-0.4, -0.2) is 32.5 Å². The molecule has 28 heavy (non-hydrogen) atoms. The first-order valence-electron chi connectivity index (χ1n) is 9.21. The first-order chi connectivity index (χ1) is 13.5. The fourth-order valence-corrected chi connectivity index (χ4v) is 2.96. The molecule has 152 valence electrons. The highest BCUT2D eigenvalue weighted by Crippen LogP contribution is 2.31. The summed E-state index contributed by atoms with van der Waals surface area (Å²) >= 11 is 5.47. The third-order valence-electron chi connectivity index (χ3n) is 4.07. The van der Waals surface area contributed by atoms with Crippen LogP contribution in [0.15, 0.2) is 36.4 Å². The van der Waals surface area contributed by atoms with Crippen LogP contribution in [0.5, 0.6) is 23.0 Å². The fourth-order valence-electron chi connectivity index (χ4n) is 2.68. The van der Waals surface area contributed by atoms with Gasteiger partial charge in [0.05, 0.1) is 39.2 Å². The van der Waals surface area contributed by atoms with Gasteiger partial charge in [0.1, 0.15) is 11.5 Å².